The normalized spacial score (nSPS) is 20.3. The number of allylic oxidation sites excluding steroid dienone is 4. The Labute approximate surface area is 371 Å². The van der Waals surface area contributed by atoms with Crippen molar-refractivity contribution in [3.05, 3.63) is 24.3 Å². The predicted molar refractivity (Wildman–Crippen MR) is 244 cm³/mol. The van der Waals surface area contributed by atoms with Crippen LogP contribution in [0.4, 0.5) is 0 Å². The fraction of sp³-hybridized carbons (Fsp3) is 0.896. The minimum atomic E-state index is -5.06. The summed E-state index contributed by atoms with van der Waals surface area (Å²) in [7, 11) is -5.06. The smallest absolute Gasteiger partial charge is 0.397 e. The quantitative estimate of drug-likeness (QED) is 0.0197. The summed E-state index contributed by atoms with van der Waals surface area (Å²) >= 11 is 0. The van der Waals surface area contributed by atoms with Gasteiger partial charge in [0.1, 0.15) is 30.5 Å². The van der Waals surface area contributed by atoms with Crippen molar-refractivity contribution in [1.82, 2.24) is 0 Å². The van der Waals surface area contributed by atoms with Gasteiger partial charge in [-0.1, -0.05) is 186 Å². The minimum absolute atomic E-state index is 0.0327. The van der Waals surface area contributed by atoms with E-state index in [2.05, 4.69) is 42.3 Å². The van der Waals surface area contributed by atoms with E-state index in [0.29, 0.717) is 13.0 Å². The summed E-state index contributed by atoms with van der Waals surface area (Å²) < 4.78 is 59.2. The van der Waals surface area contributed by atoms with Gasteiger partial charge in [-0.05, 0) is 44.9 Å². The van der Waals surface area contributed by atoms with E-state index in [1.54, 1.807) is 0 Å². The summed E-state index contributed by atoms with van der Waals surface area (Å²) in [5.41, 5.74) is 0. The van der Waals surface area contributed by atoms with Gasteiger partial charge in [0, 0.05) is 13.0 Å². The Hall–Kier alpha value is -1.42. The Balaban J connectivity index is 2.39. The van der Waals surface area contributed by atoms with Gasteiger partial charge in [-0.3, -0.25) is 9.35 Å². The second-order valence-corrected chi connectivity index (χ2v) is 18.1. The minimum Gasteiger partial charge on any atom is -0.457 e. The first-order chi connectivity index (χ1) is 29.6. The molecule has 6 atom stereocenters. The molecular weight excluding hydrogens is 801 g/mol. The molecule has 1 rings (SSSR count). The average Bonchev–Trinajstić information content (AvgIpc) is 3.23. The van der Waals surface area contributed by atoms with E-state index < -0.39 is 59.8 Å². The molecule has 1 saturated heterocycles. The number of unbranched alkanes of at least 4 members (excludes halogenated alkanes) is 26. The van der Waals surface area contributed by atoms with Gasteiger partial charge in [-0.15, -0.1) is 0 Å². The van der Waals surface area contributed by atoms with Crippen LogP contribution in [0.15, 0.2) is 24.3 Å². The maximum absolute atomic E-state index is 12.9. The maximum atomic E-state index is 12.9. The van der Waals surface area contributed by atoms with E-state index in [-0.39, 0.29) is 19.6 Å². The lowest BCUT2D eigenvalue weighted by molar-refractivity contribution is -0.301. The summed E-state index contributed by atoms with van der Waals surface area (Å²) in [6.45, 7) is 3.98. The molecule has 61 heavy (non-hydrogen) atoms. The first-order valence-corrected chi connectivity index (χ1v) is 26.0. The molecule has 0 spiro atoms. The average molecular weight is 891 g/mol. The van der Waals surface area contributed by atoms with Crippen LogP contribution in [0.2, 0.25) is 0 Å². The van der Waals surface area contributed by atoms with Crippen LogP contribution in [0.1, 0.15) is 213 Å². The number of aliphatic hydroxyl groups is 3. The van der Waals surface area contributed by atoms with Crippen LogP contribution in [-0.2, 0) is 38.3 Å². The summed E-state index contributed by atoms with van der Waals surface area (Å²) in [6.07, 6.45) is 36.3. The van der Waals surface area contributed by atoms with Crippen molar-refractivity contribution in [2.45, 2.75) is 250 Å². The van der Waals surface area contributed by atoms with E-state index in [0.717, 1.165) is 57.8 Å². The van der Waals surface area contributed by atoms with Gasteiger partial charge in [0.15, 0.2) is 6.29 Å². The van der Waals surface area contributed by atoms with Crippen molar-refractivity contribution < 1.29 is 56.2 Å². The summed E-state index contributed by atoms with van der Waals surface area (Å²) in [6, 6.07) is 0. The first-order valence-electron chi connectivity index (χ1n) is 24.6. The lowest BCUT2D eigenvalue weighted by atomic mass is 9.99. The molecule has 0 aromatic rings. The molecular formula is C48H90O12S. The first kappa shape index (κ1) is 57.6. The van der Waals surface area contributed by atoms with E-state index in [1.807, 2.05) is 0 Å². The van der Waals surface area contributed by atoms with Crippen LogP contribution < -0.4 is 0 Å². The van der Waals surface area contributed by atoms with Gasteiger partial charge in [-0.2, -0.15) is 8.42 Å². The molecule has 0 aromatic heterocycles. The molecule has 0 amide bonds. The van der Waals surface area contributed by atoms with Gasteiger partial charge < -0.3 is 34.3 Å². The Kier molecular flexibility index (Phi) is 37.9. The number of rotatable bonds is 43. The monoisotopic (exact) mass is 891 g/mol. The van der Waals surface area contributed by atoms with E-state index >= 15 is 0 Å². The van der Waals surface area contributed by atoms with E-state index in [9.17, 15) is 33.1 Å². The third kappa shape index (κ3) is 33.7. The molecule has 0 aliphatic carbocycles. The Morgan fingerprint density at radius 2 is 1.08 bits per heavy atom. The molecule has 1 heterocycles. The van der Waals surface area contributed by atoms with Crippen molar-refractivity contribution in [2.24, 2.45) is 0 Å². The number of carbonyl (C=O) groups is 1. The van der Waals surface area contributed by atoms with Crippen molar-refractivity contribution in [3.8, 4) is 0 Å². The molecule has 1 aliphatic rings. The number of carbonyl (C=O) groups excluding carboxylic acids is 1. The Bertz CT molecular complexity index is 1170. The highest BCUT2D eigenvalue weighted by atomic mass is 32.3. The van der Waals surface area contributed by atoms with E-state index in [1.165, 1.54) is 128 Å². The number of esters is 1. The molecule has 13 heteroatoms. The fourth-order valence-corrected chi connectivity index (χ4v) is 8.09. The summed E-state index contributed by atoms with van der Waals surface area (Å²) in [4.78, 5) is 12.9. The topological polar surface area (TPSA) is 178 Å². The molecule has 12 nitrogen and oxygen atoms in total. The molecule has 360 valence electrons. The molecule has 1 aliphatic heterocycles. The number of aliphatic hydroxyl groups excluding tert-OH is 3. The molecule has 1 fully saturated rings. The van der Waals surface area contributed by atoms with Crippen LogP contribution in [-0.4, -0.2) is 97.5 Å². The fourth-order valence-electron chi connectivity index (χ4n) is 7.59. The number of ether oxygens (including phenoxy) is 4. The van der Waals surface area contributed by atoms with Crippen LogP contribution >= 0.6 is 0 Å². The molecule has 0 aromatic carbocycles. The van der Waals surface area contributed by atoms with Crippen LogP contribution in [0.25, 0.3) is 0 Å². The molecule has 4 N–H and O–H groups in total. The molecule has 6 unspecified atom stereocenters. The SMILES string of the molecule is CCCCCC/C=C\C/C=C\CCCCCCCCOCC(COC1OC(CO)C(O)C(OS(=O)(=O)O)C1O)OC(=O)CCCCCCCCCCCCCCCCCCC. The number of hydrogen-bond donors (Lipinski definition) is 4. The summed E-state index contributed by atoms with van der Waals surface area (Å²) in [5.74, 6) is -0.399. The van der Waals surface area contributed by atoms with Crippen LogP contribution in [0.3, 0.4) is 0 Å². The largest absolute Gasteiger partial charge is 0.457 e. The Morgan fingerprint density at radius 1 is 0.623 bits per heavy atom. The highest BCUT2D eigenvalue weighted by Gasteiger charge is 2.48. The lowest BCUT2D eigenvalue weighted by Crippen LogP contribution is -2.60. The highest BCUT2D eigenvalue weighted by molar-refractivity contribution is 7.80. The van der Waals surface area contributed by atoms with Gasteiger partial charge in [-0.25, -0.2) is 4.18 Å². The van der Waals surface area contributed by atoms with Gasteiger partial charge >= 0.3 is 16.4 Å². The maximum Gasteiger partial charge on any atom is 0.397 e. The highest BCUT2D eigenvalue weighted by Crippen LogP contribution is 2.26. The zero-order chi connectivity index (χ0) is 44.7. The number of hydrogen-bond acceptors (Lipinski definition) is 11. The second-order valence-electron chi connectivity index (χ2n) is 17.1. The van der Waals surface area contributed by atoms with Crippen LogP contribution in [0.5, 0.6) is 0 Å². The second kappa shape index (κ2) is 40.1. The standard InChI is InChI=1S/C48H90O12S/c1-3-5-7-9-11-13-15-17-19-21-23-25-27-29-31-33-35-37-44(50)58-42(41-57-48-46(52)47(60-61(53,54)55)45(51)43(39-49)59-48)40-56-38-36-34-32-30-28-26-24-22-20-18-16-14-12-10-8-6-4-2/h14,16,20,22,42-43,45-49,51-52H,3-13,15,17-19,21,23-41H2,1-2H3,(H,53,54,55)/b16-14-,22-20-. The van der Waals surface area contributed by atoms with Crippen molar-refractivity contribution in [2.75, 3.05) is 26.4 Å². The van der Waals surface area contributed by atoms with E-state index in [4.69, 9.17) is 18.9 Å². The van der Waals surface area contributed by atoms with Crippen LogP contribution in [0, 0.1) is 0 Å². The van der Waals surface area contributed by atoms with Gasteiger partial charge in [0.05, 0.1) is 19.8 Å². The third-order valence-electron chi connectivity index (χ3n) is 11.3. The summed E-state index contributed by atoms with van der Waals surface area (Å²) in [5, 5.41) is 30.7. The zero-order valence-corrected chi connectivity index (χ0v) is 39.3. The zero-order valence-electron chi connectivity index (χ0n) is 38.5. The predicted octanol–water partition coefficient (Wildman–Crippen LogP) is 10.8. The third-order valence-corrected chi connectivity index (χ3v) is 11.8. The van der Waals surface area contributed by atoms with Crippen molar-refractivity contribution in [1.29, 1.82) is 0 Å². The van der Waals surface area contributed by atoms with Crippen molar-refractivity contribution >= 4 is 16.4 Å². The lowest BCUT2D eigenvalue weighted by Gasteiger charge is -2.41. The molecule has 0 radical (unpaired) electrons. The molecule has 0 saturated carbocycles. The van der Waals surface area contributed by atoms with Crippen molar-refractivity contribution in [3.63, 3.8) is 0 Å². The van der Waals surface area contributed by atoms with Gasteiger partial charge in [0.25, 0.3) is 0 Å². The molecule has 0 bridgehead atoms. The van der Waals surface area contributed by atoms with Gasteiger partial charge in [0.2, 0.25) is 0 Å². The Morgan fingerprint density at radius 3 is 1.57 bits per heavy atom.